The molecule has 0 saturated carbocycles. The number of benzene rings is 1. The van der Waals surface area contributed by atoms with E-state index in [-0.39, 0.29) is 37.5 Å². The van der Waals surface area contributed by atoms with Crippen molar-refractivity contribution in [2.45, 2.75) is 110 Å². The molecule has 1 heterocycles. The molecule has 17 heteroatoms. The van der Waals surface area contributed by atoms with Gasteiger partial charge in [0.25, 0.3) is 0 Å². The van der Waals surface area contributed by atoms with Crippen molar-refractivity contribution in [3.05, 3.63) is 34.7 Å². The number of hydrogen-bond acceptors (Lipinski definition) is 11. The molecule has 17 nitrogen and oxygen atoms in total. The molecule has 0 spiro atoms. The van der Waals surface area contributed by atoms with Gasteiger partial charge in [0.2, 0.25) is 35.4 Å². The lowest BCUT2D eigenvalue weighted by atomic mass is 9.97. The number of phenolic OH excluding ortho intramolecular Hbond substituents is 1. The predicted molar refractivity (Wildman–Crippen MR) is 197 cm³/mol. The lowest BCUT2D eigenvalue weighted by Gasteiger charge is -2.37. The van der Waals surface area contributed by atoms with Gasteiger partial charge < -0.3 is 42.1 Å². The molecular formula is C36H58N8O9. The summed E-state index contributed by atoms with van der Waals surface area (Å²) in [5.41, 5.74) is 0.684. The third-order valence-electron chi connectivity index (χ3n) is 9.33. The molecule has 53 heavy (non-hydrogen) atoms. The van der Waals surface area contributed by atoms with Crippen LogP contribution in [0.15, 0.2) is 29.4 Å². The first-order chi connectivity index (χ1) is 25.0. The summed E-state index contributed by atoms with van der Waals surface area (Å²) in [6.07, 6.45) is 0.335. The number of nitrogens with zero attached hydrogens (tertiary/aromatic N) is 2. The summed E-state index contributed by atoms with van der Waals surface area (Å²) >= 11 is 0. The standard InChI is InChI=1S/C36H58N8O9/c1-8-22(6)31-36(52)40-26(19-45)33(49)42-30(21(4)5)35(51)41-28(16-20(2)3)44(7)27(17-23-11-13-24(46)14-12-23)34(50)37-18-29(47)39-25(32(48)43-31)10-9-15-38-53/h11-14,20-22,25-28,30-31,45-46H,8-10,15-19H2,1-7H3,(H,37,50)(H,39,47)(H,40,52)(H,41,51)(H,42,49)(H,43,48)/t22-,25+,26-,27-,28+,30?,31-/m0/s1. The molecule has 0 bridgehead atoms. The Balaban J connectivity index is 2.64. The molecule has 6 amide bonds. The maximum atomic E-state index is 13.9. The maximum absolute atomic E-state index is 13.9. The van der Waals surface area contributed by atoms with Gasteiger partial charge in [0.05, 0.1) is 31.9 Å². The van der Waals surface area contributed by atoms with E-state index in [0.29, 0.717) is 18.4 Å². The quantitative estimate of drug-likeness (QED) is 0.105. The lowest BCUT2D eigenvalue weighted by molar-refractivity contribution is -0.137. The number of likely N-dealkylation sites (N-methyl/N-ethyl adjacent to an activating group) is 1. The minimum atomic E-state index is -1.48. The molecule has 1 aromatic rings. The fourth-order valence-electron chi connectivity index (χ4n) is 5.88. The second-order valence-corrected chi connectivity index (χ2v) is 14.4. The number of aliphatic hydroxyl groups is 1. The molecule has 7 atom stereocenters. The van der Waals surface area contributed by atoms with E-state index >= 15 is 0 Å². The van der Waals surface area contributed by atoms with E-state index in [4.69, 9.17) is 0 Å². The zero-order chi connectivity index (χ0) is 39.8. The van der Waals surface area contributed by atoms with E-state index in [0.717, 1.165) is 0 Å². The van der Waals surface area contributed by atoms with Gasteiger partial charge in [0, 0.05) is 0 Å². The molecule has 8 N–H and O–H groups in total. The Kier molecular flexibility index (Phi) is 18.3. The Morgan fingerprint density at radius 2 is 1.42 bits per heavy atom. The number of rotatable bonds is 12. The van der Waals surface area contributed by atoms with Crippen LogP contribution in [0.2, 0.25) is 0 Å². The average molecular weight is 747 g/mol. The number of nitrogens with one attached hydrogen (secondary N) is 6. The van der Waals surface area contributed by atoms with Crippen molar-refractivity contribution >= 4 is 35.4 Å². The van der Waals surface area contributed by atoms with Gasteiger partial charge in [0.15, 0.2) is 0 Å². The Hall–Kier alpha value is -4.64. The SMILES string of the molecule is CC[C@H](C)[C@@H]1NC(=O)[C@@H](CCCN=O)NC(=O)CNC(=O)[C@H](Cc2ccc(O)cc2)N(C)[C@H](CC(C)C)NC(=O)C(C(C)C)NC(=O)[C@H](CO)NC1=O. The van der Waals surface area contributed by atoms with Crippen LogP contribution in [0.1, 0.15) is 72.8 Å². The van der Waals surface area contributed by atoms with Crippen molar-refractivity contribution < 1.29 is 39.0 Å². The van der Waals surface area contributed by atoms with Crippen LogP contribution < -0.4 is 31.9 Å². The Morgan fingerprint density at radius 3 is 1.98 bits per heavy atom. The Bertz CT molecular complexity index is 1410. The van der Waals surface area contributed by atoms with E-state index in [1.165, 1.54) is 12.1 Å². The number of nitroso groups, excluding NO2 is 1. The van der Waals surface area contributed by atoms with Gasteiger partial charge in [-0.05, 0) is 68.2 Å². The number of phenols is 1. The zero-order valence-electron chi connectivity index (χ0n) is 31.8. The lowest BCUT2D eigenvalue weighted by Crippen LogP contribution is -2.63. The van der Waals surface area contributed by atoms with Gasteiger partial charge in [-0.25, -0.2) is 0 Å². The maximum Gasteiger partial charge on any atom is 0.245 e. The van der Waals surface area contributed by atoms with E-state index in [2.05, 4.69) is 37.1 Å². The Labute approximate surface area is 311 Å². The summed E-state index contributed by atoms with van der Waals surface area (Å²) in [4.78, 5) is 94.2. The van der Waals surface area contributed by atoms with Gasteiger partial charge in [-0.1, -0.05) is 65.3 Å². The smallest absolute Gasteiger partial charge is 0.245 e. The topological polar surface area (TPSA) is 248 Å². The first kappa shape index (κ1) is 44.5. The molecule has 0 aliphatic carbocycles. The van der Waals surface area contributed by atoms with Crippen molar-refractivity contribution in [1.29, 1.82) is 0 Å². The van der Waals surface area contributed by atoms with Crippen molar-refractivity contribution in [1.82, 2.24) is 36.8 Å². The summed E-state index contributed by atoms with van der Waals surface area (Å²) in [5, 5.41) is 38.8. The molecule has 0 radical (unpaired) electrons. The molecule has 1 aromatic carbocycles. The van der Waals surface area contributed by atoms with Gasteiger partial charge in [0.1, 0.15) is 29.9 Å². The minimum absolute atomic E-state index is 0.00678. The van der Waals surface area contributed by atoms with Crippen LogP contribution in [0, 0.1) is 22.7 Å². The Morgan fingerprint density at radius 1 is 0.811 bits per heavy atom. The van der Waals surface area contributed by atoms with Crippen molar-refractivity contribution in [3.8, 4) is 5.75 Å². The number of aromatic hydroxyl groups is 1. The molecule has 1 aliphatic rings. The van der Waals surface area contributed by atoms with Crippen LogP contribution >= 0.6 is 0 Å². The van der Waals surface area contributed by atoms with Crippen LogP contribution in [0.4, 0.5) is 0 Å². The van der Waals surface area contributed by atoms with E-state index in [9.17, 15) is 43.9 Å². The van der Waals surface area contributed by atoms with E-state index in [1.54, 1.807) is 51.8 Å². The number of aliphatic hydroxyl groups excluding tert-OH is 1. The van der Waals surface area contributed by atoms with Gasteiger partial charge in [-0.2, -0.15) is 4.91 Å². The third-order valence-corrected chi connectivity index (χ3v) is 9.33. The molecule has 2 rings (SSSR count). The van der Waals surface area contributed by atoms with Crippen molar-refractivity contribution in [3.63, 3.8) is 0 Å². The largest absolute Gasteiger partial charge is 0.508 e. The highest BCUT2D eigenvalue weighted by atomic mass is 16.3. The molecule has 296 valence electrons. The van der Waals surface area contributed by atoms with Crippen LogP contribution in [0.5, 0.6) is 5.75 Å². The molecule has 1 aliphatic heterocycles. The first-order valence-electron chi connectivity index (χ1n) is 18.2. The van der Waals surface area contributed by atoms with Crippen LogP contribution in [-0.4, -0.2) is 114 Å². The number of carbonyl (C=O) groups is 6. The van der Waals surface area contributed by atoms with Crippen LogP contribution in [0.3, 0.4) is 0 Å². The molecule has 1 saturated heterocycles. The first-order valence-corrected chi connectivity index (χ1v) is 18.2. The molecule has 1 fully saturated rings. The predicted octanol–water partition coefficient (Wildman–Crippen LogP) is 0.0335. The van der Waals surface area contributed by atoms with Gasteiger partial charge >= 0.3 is 0 Å². The fourth-order valence-corrected chi connectivity index (χ4v) is 5.88. The van der Waals surface area contributed by atoms with Crippen molar-refractivity contribution in [2.24, 2.45) is 22.9 Å². The monoisotopic (exact) mass is 746 g/mol. The summed E-state index contributed by atoms with van der Waals surface area (Å²) in [5.74, 6) is -5.01. The van der Waals surface area contributed by atoms with Gasteiger partial charge in [-0.15, -0.1) is 0 Å². The van der Waals surface area contributed by atoms with E-state index < -0.39 is 96.8 Å². The summed E-state index contributed by atoms with van der Waals surface area (Å²) in [7, 11) is 1.65. The number of amides is 6. The molecule has 0 aromatic heterocycles. The number of carbonyl (C=O) groups excluding carboxylic acids is 6. The van der Waals surface area contributed by atoms with Crippen LogP contribution in [-0.2, 0) is 35.2 Å². The fraction of sp³-hybridized carbons (Fsp3) is 0.667. The summed E-state index contributed by atoms with van der Waals surface area (Å²) < 4.78 is 0. The normalized spacial score (nSPS) is 25.4. The second kappa shape index (κ2) is 21.8. The zero-order valence-corrected chi connectivity index (χ0v) is 31.8. The number of hydrogen-bond donors (Lipinski definition) is 8. The van der Waals surface area contributed by atoms with Gasteiger partial charge in [-0.3, -0.25) is 33.7 Å². The van der Waals surface area contributed by atoms with Crippen LogP contribution in [0.25, 0.3) is 0 Å². The average Bonchev–Trinajstić information content (AvgIpc) is 3.11. The second-order valence-electron chi connectivity index (χ2n) is 14.4. The highest BCUT2D eigenvalue weighted by molar-refractivity contribution is 5.96. The third kappa shape index (κ3) is 14.0. The summed E-state index contributed by atoms with van der Waals surface area (Å²) in [6, 6.07) is 0.328. The molecular weight excluding hydrogens is 688 g/mol. The van der Waals surface area contributed by atoms with Crippen molar-refractivity contribution in [2.75, 3.05) is 26.7 Å². The summed E-state index contributed by atoms with van der Waals surface area (Å²) in [6.45, 7) is 9.36. The minimum Gasteiger partial charge on any atom is -0.508 e. The highest BCUT2D eigenvalue weighted by Crippen LogP contribution is 2.18. The van der Waals surface area contributed by atoms with E-state index in [1.807, 2.05) is 13.8 Å². The highest BCUT2D eigenvalue weighted by Gasteiger charge is 2.36. The molecule has 1 unspecified atom stereocenters.